The molecule has 1 rings (SSSR count). The lowest BCUT2D eigenvalue weighted by atomic mass is 10.4. The Morgan fingerprint density at radius 3 is 1.73 bits per heavy atom. The Hall–Kier alpha value is -0.500. The van der Waals surface area contributed by atoms with Crippen molar-refractivity contribution in [3.8, 4) is 0 Å². The van der Waals surface area contributed by atoms with Gasteiger partial charge in [-0.2, -0.15) is 0 Å². The molecule has 0 N–H and O–H groups in total. The first-order valence-corrected chi connectivity index (χ1v) is 3.54. The smallest absolute Gasteiger partial charge is 0.253 e. The van der Waals surface area contributed by atoms with Gasteiger partial charge in [0, 0.05) is 20.8 Å². The number of hydrogen-bond donors (Lipinski definition) is 0. The highest BCUT2D eigenvalue weighted by Crippen LogP contribution is 2.02. The van der Waals surface area contributed by atoms with Gasteiger partial charge >= 0.3 is 0 Å². The Kier molecular flexibility index (Phi) is 3.12. The molecule has 1 aromatic rings. The van der Waals surface area contributed by atoms with E-state index < -0.39 is 0 Å². The first-order valence-electron chi connectivity index (χ1n) is 3.54. The van der Waals surface area contributed by atoms with Crippen molar-refractivity contribution < 1.29 is 17.0 Å². The van der Waals surface area contributed by atoms with Gasteiger partial charge in [-0.05, 0) is 0 Å². The van der Waals surface area contributed by atoms with Gasteiger partial charge in [0.2, 0.25) is 0 Å². The molecule has 0 fully saturated rings. The van der Waals surface area contributed by atoms with Crippen molar-refractivity contribution in [1.29, 1.82) is 0 Å². The van der Waals surface area contributed by atoms with E-state index in [-0.39, 0.29) is 12.4 Å². The first kappa shape index (κ1) is 10.5. The van der Waals surface area contributed by atoms with Crippen LogP contribution < -0.4 is 17.0 Å². The predicted octanol–water partition coefficient (Wildman–Crippen LogP) is -2.22. The predicted molar refractivity (Wildman–Crippen MR) is 40.8 cm³/mol. The number of aromatic nitrogens is 2. The molecule has 0 aliphatic heterocycles. The normalized spacial score (nSPS) is 9.55. The highest BCUT2D eigenvalue weighted by molar-refractivity contribution is 5.05. The molecule has 0 aliphatic carbocycles. The van der Waals surface area contributed by atoms with E-state index in [1.807, 2.05) is 0 Å². The quantitative estimate of drug-likeness (QED) is 0.394. The van der Waals surface area contributed by atoms with Crippen molar-refractivity contribution in [2.45, 2.75) is 20.8 Å². The second-order valence-corrected chi connectivity index (χ2v) is 2.84. The maximum absolute atomic E-state index is 2.20. The van der Waals surface area contributed by atoms with E-state index in [9.17, 15) is 0 Å². The summed E-state index contributed by atoms with van der Waals surface area (Å²) in [7, 11) is 4.19. The molecule has 0 atom stereocenters. The summed E-state index contributed by atoms with van der Waals surface area (Å²) in [4.78, 5) is 0. The van der Waals surface area contributed by atoms with Gasteiger partial charge in [0.15, 0.2) is 0 Å². The zero-order valence-electron chi connectivity index (χ0n) is 7.77. The van der Waals surface area contributed by atoms with Crippen LogP contribution in [-0.2, 0) is 14.1 Å². The van der Waals surface area contributed by atoms with Crippen LogP contribution in [0.5, 0.6) is 0 Å². The second-order valence-electron chi connectivity index (χ2n) is 2.84. The molecule has 11 heavy (non-hydrogen) atoms. The van der Waals surface area contributed by atoms with Crippen LogP contribution in [0.25, 0.3) is 0 Å². The fraction of sp³-hybridized carbons (Fsp3) is 0.625. The summed E-state index contributed by atoms with van der Waals surface area (Å²) < 4.78 is 4.41. The minimum atomic E-state index is 0. The average molecular weight is 175 g/mol. The molecule has 0 bridgehead atoms. The van der Waals surface area contributed by atoms with E-state index in [0.29, 0.717) is 0 Å². The number of hydrogen-bond acceptors (Lipinski definition) is 0. The van der Waals surface area contributed by atoms with E-state index in [1.165, 1.54) is 17.2 Å². The van der Waals surface area contributed by atoms with Crippen LogP contribution in [0.1, 0.15) is 17.2 Å². The zero-order chi connectivity index (χ0) is 7.89. The summed E-state index contributed by atoms with van der Waals surface area (Å²) in [6.07, 6.45) is 0. The van der Waals surface area contributed by atoms with E-state index >= 15 is 0 Å². The van der Waals surface area contributed by atoms with E-state index in [1.54, 1.807) is 0 Å². The van der Waals surface area contributed by atoms with Crippen LogP contribution in [0.4, 0.5) is 0 Å². The highest BCUT2D eigenvalue weighted by atomic mass is 35.5. The van der Waals surface area contributed by atoms with Crippen LogP contribution in [0.3, 0.4) is 0 Å². The molecular formula is C8H15ClN2. The first-order chi connectivity index (χ1) is 4.55. The number of halogens is 1. The Bertz CT molecular complexity index is 183. The van der Waals surface area contributed by atoms with E-state index in [2.05, 4.69) is 44.0 Å². The molecule has 0 saturated carbocycles. The van der Waals surface area contributed by atoms with Crippen molar-refractivity contribution in [2.24, 2.45) is 14.1 Å². The molecule has 1 heterocycles. The lowest BCUT2D eigenvalue weighted by molar-refractivity contribution is -0.683. The fourth-order valence-corrected chi connectivity index (χ4v) is 1.20. The molecule has 0 aromatic carbocycles. The summed E-state index contributed by atoms with van der Waals surface area (Å²) in [5, 5.41) is 0. The van der Waals surface area contributed by atoms with Crippen LogP contribution in [0.15, 0.2) is 0 Å². The third-order valence-electron chi connectivity index (χ3n) is 2.50. The van der Waals surface area contributed by atoms with Gasteiger partial charge in [-0.1, -0.05) is 0 Å². The maximum atomic E-state index is 2.20. The van der Waals surface area contributed by atoms with Gasteiger partial charge in [0.05, 0.1) is 14.1 Å². The topological polar surface area (TPSA) is 8.81 Å². The minimum Gasteiger partial charge on any atom is -1.00 e. The largest absolute Gasteiger partial charge is 1.00 e. The van der Waals surface area contributed by atoms with Gasteiger partial charge in [0.25, 0.3) is 5.82 Å². The molecule has 2 nitrogen and oxygen atoms in total. The zero-order valence-corrected chi connectivity index (χ0v) is 8.53. The third kappa shape index (κ3) is 1.41. The van der Waals surface area contributed by atoms with Crippen LogP contribution in [0, 0.1) is 20.8 Å². The van der Waals surface area contributed by atoms with Gasteiger partial charge in [0.1, 0.15) is 11.4 Å². The van der Waals surface area contributed by atoms with E-state index in [4.69, 9.17) is 0 Å². The van der Waals surface area contributed by atoms with Crippen LogP contribution in [0.2, 0.25) is 0 Å². The third-order valence-corrected chi connectivity index (χ3v) is 2.50. The lowest BCUT2D eigenvalue weighted by Crippen LogP contribution is -3.00. The SMILES string of the molecule is Cc1c(C)[n+](C)c(C)n1C.[Cl-]. The van der Waals surface area contributed by atoms with Crippen molar-refractivity contribution in [1.82, 2.24) is 4.57 Å². The standard InChI is InChI=1S/C8H15N2.ClH/c1-6-7(2)10(5)8(3)9(6)4;/h1-5H3;1H/q+1;/p-1. The van der Waals surface area contributed by atoms with Crippen molar-refractivity contribution in [3.63, 3.8) is 0 Å². The molecule has 0 unspecified atom stereocenters. The number of imidazole rings is 1. The van der Waals surface area contributed by atoms with Crippen LogP contribution >= 0.6 is 0 Å². The van der Waals surface area contributed by atoms with Gasteiger partial charge in [-0.25, -0.2) is 9.13 Å². The monoisotopic (exact) mass is 174 g/mol. The van der Waals surface area contributed by atoms with Gasteiger partial charge in [-0.3, -0.25) is 0 Å². The highest BCUT2D eigenvalue weighted by Gasteiger charge is 2.14. The van der Waals surface area contributed by atoms with Crippen molar-refractivity contribution in [3.05, 3.63) is 17.2 Å². The lowest BCUT2D eigenvalue weighted by Gasteiger charge is -1.87. The summed E-state index contributed by atoms with van der Waals surface area (Å²) in [6.45, 7) is 6.41. The molecule has 0 aliphatic rings. The summed E-state index contributed by atoms with van der Waals surface area (Å²) in [5.41, 5.74) is 2.69. The Labute approximate surface area is 74.3 Å². The minimum absolute atomic E-state index is 0. The van der Waals surface area contributed by atoms with Crippen LogP contribution in [-0.4, -0.2) is 4.57 Å². The van der Waals surface area contributed by atoms with Crippen molar-refractivity contribution >= 4 is 0 Å². The summed E-state index contributed by atoms with van der Waals surface area (Å²) in [6, 6.07) is 0. The van der Waals surface area contributed by atoms with Gasteiger partial charge in [-0.15, -0.1) is 0 Å². The van der Waals surface area contributed by atoms with E-state index in [0.717, 1.165) is 0 Å². The van der Waals surface area contributed by atoms with Gasteiger partial charge < -0.3 is 12.4 Å². The molecule has 0 spiro atoms. The molecule has 3 heteroatoms. The Morgan fingerprint density at radius 2 is 1.64 bits per heavy atom. The number of rotatable bonds is 0. The maximum Gasteiger partial charge on any atom is 0.253 e. The van der Waals surface area contributed by atoms with Crippen molar-refractivity contribution in [2.75, 3.05) is 0 Å². The molecule has 0 amide bonds. The molecule has 64 valence electrons. The second kappa shape index (κ2) is 3.26. The number of nitrogens with zero attached hydrogens (tertiary/aromatic N) is 2. The summed E-state index contributed by atoms with van der Waals surface area (Å²) >= 11 is 0. The Balaban J connectivity index is 0.000001000. The molecule has 0 saturated heterocycles. The summed E-state index contributed by atoms with van der Waals surface area (Å²) in [5.74, 6) is 1.30. The fourth-order valence-electron chi connectivity index (χ4n) is 1.20. The Morgan fingerprint density at radius 1 is 1.18 bits per heavy atom. The molecule has 0 radical (unpaired) electrons. The molecule has 1 aromatic heterocycles. The average Bonchev–Trinajstić information content (AvgIpc) is 2.07. The molecular weight excluding hydrogens is 160 g/mol.